The summed E-state index contributed by atoms with van der Waals surface area (Å²) in [6, 6.07) is -0.626. The lowest BCUT2D eigenvalue weighted by Gasteiger charge is -2.24. The third-order valence-corrected chi connectivity index (χ3v) is 3.84. The molecular weight excluding hydrogens is 266 g/mol. The molecule has 2 rings (SSSR count). The number of likely N-dealkylation sites (tertiary alicyclic amines) is 1. The number of carbonyl (C=O) groups is 2. The van der Waals surface area contributed by atoms with E-state index >= 15 is 0 Å². The second kappa shape index (κ2) is 8.70. The Kier molecular flexibility index (Phi) is 7.26. The van der Waals surface area contributed by atoms with Crippen molar-refractivity contribution in [2.75, 3.05) is 13.1 Å². The van der Waals surface area contributed by atoms with Crippen molar-refractivity contribution in [1.29, 1.82) is 0 Å². The lowest BCUT2D eigenvalue weighted by Crippen LogP contribution is -2.45. The van der Waals surface area contributed by atoms with Crippen LogP contribution in [0.3, 0.4) is 0 Å². The number of hydrogen-bond donors (Lipinski definition) is 2. The van der Waals surface area contributed by atoms with Gasteiger partial charge in [-0.2, -0.15) is 0 Å². The lowest BCUT2D eigenvalue weighted by atomic mass is 10.1. The molecule has 5 heteroatoms. The molecule has 1 saturated carbocycles. The normalized spacial score (nSPS) is 18.5. The molecule has 0 spiro atoms. The zero-order chi connectivity index (χ0) is 15.8. The summed E-state index contributed by atoms with van der Waals surface area (Å²) in [6.07, 6.45) is 5.50. The van der Waals surface area contributed by atoms with Crippen molar-refractivity contribution in [2.24, 2.45) is 11.7 Å². The SMILES string of the molecule is C=C(C[C@H](NC(=O)CC1CC1)C(N)=O)N1CCCC1.CC.[HH]. The lowest BCUT2D eigenvalue weighted by molar-refractivity contribution is -0.127. The fraction of sp³-hybridized carbons (Fsp3) is 0.750. The third-order valence-electron chi connectivity index (χ3n) is 3.84. The molecule has 2 amide bonds. The molecule has 1 aliphatic carbocycles. The highest BCUT2D eigenvalue weighted by atomic mass is 16.2. The van der Waals surface area contributed by atoms with Crippen molar-refractivity contribution in [2.45, 2.75) is 58.4 Å². The first-order valence-corrected chi connectivity index (χ1v) is 8.07. The van der Waals surface area contributed by atoms with Crippen LogP contribution in [0.2, 0.25) is 0 Å². The van der Waals surface area contributed by atoms with Gasteiger partial charge in [0.2, 0.25) is 11.8 Å². The fourth-order valence-corrected chi connectivity index (χ4v) is 2.46. The summed E-state index contributed by atoms with van der Waals surface area (Å²) in [7, 11) is 0. The van der Waals surface area contributed by atoms with Crippen LogP contribution in [-0.2, 0) is 9.59 Å². The summed E-state index contributed by atoms with van der Waals surface area (Å²) in [4.78, 5) is 25.4. The highest BCUT2D eigenvalue weighted by Gasteiger charge is 2.27. The summed E-state index contributed by atoms with van der Waals surface area (Å²) in [6.45, 7) is 9.98. The van der Waals surface area contributed by atoms with E-state index in [1.807, 2.05) is 13.8 Å². The van der Waals surface area contributed by atoms with Gasteiger partial charge < -0.3 is 16.0 Å². The van der Waals surface area contributed by atoms with Crippen molar-refractivity contribution in [3.8, 4) is 0 Å². The van der Waals surface area contributed by atoms with E-state index in [0.717, 1.165) is 44.5 Å². The Morgan fingerprint density at radius 3 is 2.38 bits per heavy atom. The quantitative estimate of drug-likeness (QED) is 0.755. The average molecular weight is 297 g/mol. The van der Waals surface area contributed by atoms with E-state index < -0.39 is 11.9 Å². The number of carbonyl (C=O) groups excluding carboxylic acids is 2. The highest BCUT2D eigenvalue weighted by Crippen LogP contribution is 2.32. The van der Waals surface area contributed by atoms with Crippen molar-refractivity contribution in [3.63, 3.8) is 0 Å². The Balaban J connectivity index is 0.00000141. The highest BCUT2D eigenvalue weighted by molar-refractivity contribution is 5.86. The summed E-state index contributed by atoms with van der Waals surface area (Å²) in [5.74, 6) is -0.0414. The molecule has 0 aromatic heterocycles. The van der Waals surface area contributed by atoms with Crippen LogP contribution < -0.4 is 11.1 Å². The van der Waals surface area contributed by atoms with Gasteiger partial charge in [0.1, 0.15) is 6.04 Å². The first-order chi connectivity index (χ1) is 10.1. The van der Waals surface area contributed by atoms with Gasteiger partial charge in [-0.15, -0.1) is 0 Å². The van der Waals surface area contributed by atoms with Crippen LogP contribution in [0.5, 0.6) is 0 Å². The Labute approximate surface area is 129 Å². The Morgan fingerprint density at radius 1 is 1.33 bits per heavy atom. The van der Waals surface area contributed by atoms with Crippen LogP contribution in [0.15, 0.2) is 12.3 Å². The van der Waals surface area contributed by atoms with E-state index in [1.165, 1.54) is 0 Å². The predicted octanol–water partition coefficient (Wildman–Crippen LogP) is 2.03. The van der Waals surface area contributed by atoms with Gasteiger partial charge in [0.15, 0.2) is 0 Å². The number of nitrogens with two attached hydrogens (primary N) is 1. The third kappa shape index (κ3) is 6.19. The van der Waals surface area contributed by atoms with Crippen LogP contribution >= 0.6 is 0 Å². The van der Waals surface area contributed by atoms with Gasteiger partial charge in [-0.3, -0.25) is 9.59 Å². The molecule has 1 atom stereocenters. The standard InChI is InChI=1S/C14H23N3O2.C2H6.H2/c1-10(17-6-2-3-7-17)8-12(14(15)19)16-13(18)9-11-4-5-11;1-2;/h11-12H,1-9H2,(H2,15,19)(H,16,18);1-2H3;1H/t12-;;/m0../s1. The molecule has 21 heavy (non-hydrogen) atoms. The van der Waals surface area contributed by atoms with Crippen LogP contribution in [0.25, 0.3) is 0 Å². The Morgan fingerprint density at radius 2 is 1.90 bits per heavy atom. The van der Waals surface area contributed by atoms with Crippen LogP contribution in [0, 0.1) is 5.92 Å². The van der Waals surface area contributed by atoms with Gasteiger partial charge in [0, 0.05) is 33.1 Å². The monoisotopic (exact) mass is 297 g/mol. The maximum atomic E-state index is 11.7. The van der Waals surface area contributed by atoms with E-state index in [1.54, 1.807) is 0 Å². The number of hydrogen-bond acceptors (Lipinski definition) is 3. The smallest absolute Gasteiger partial charge is 0.240 e. The van der Waals surface area contributed by atoms with Gasteiger partial charge in [-0.1, -0.05) is 20.4 Å². The molecule has 0 unspecified atom stereocenters. The minimum atomic E-state index is -0.626. The summed E-state index contributed by atoms with van der Waals surface area (Å²) in [5.41, 5.74) is 6.26. The topological polar surface area (TPSA) is 75.4 Å². The first kappa shape index (κ1) is 17.5. The molecule has 3 N–H and O–H groups in total. The second-order valence-corrected chi connectivity index (χ2v) is 5.63. The van der Waals surface area contributed by atoms with Crippen molar-refractivity contribution in [1.82, 2.24) is 10.2 Å². The molecule has 1 aliphatic heterocycles. The van der Waals surface area contributed by atoms with Gasteiger partial charge >= 0.3 is 0 Å². The minimum absolute atomic E-state index is 0. The zero-order valence-corrected chi connectivity index (χ0v) is 13.4. The van der Waals surface area contributed by atoms with Gasteiger partial charge in [0.05, 0.1) is 0 Å². The number of nitrogens with zero attached hydrogens (tertiary/aromatic N) is 1. The number of rotatable bonds is 7. The number of primary amides is 1. The fourth-order valence-electron chi connectivity index (χ4n) is 2.46. The number of amides is 2. The van der Waals surface area contributed by atoms with E-state index in [0.29, 0.717) is 18.8 Å². The van der Waals surface area contributed by atoms with Crippen molar-refractivity contribution in [3.05, 3.63) is 12.3 Å². The molecular formula is C16H31N3O2. The molecule has 0 bridgehead atoms. The molecule has 122 valence electrons. The molecule has 0 aromatic carbocycles. The second-order valence-electron chi connectivity index (χ2n) is 5.63. The van der Waals surface area contributed by atoms with Gasteiger partial charge in [-0.05, 0) is 31.6 Å². The van der Waals surface area contributed by atoms with Crippen LogP contribution in [0.4, 0.5) is 0 Å². The predicted molar refractivity (Wildman–Crippen MR) is 86.5 cm³/mol. The maximum Gasteiger partial charge on any atom is 0.240 e. The van der Waals surface area contributed by atoms with Crippen LogP contribution in [-0.4, -0.2) is 35.8 Å². The first-order valence-electron chi connectivity index (χ1n) is 8.07. The van der Waals surface area contributed by atoms with E-state index in [-0.39, 0.29) is 7.33 Å². The van der Waals surface area contributed by atoms with E-state index in [2.05, 4.69) is 16.8 Å². The van der Waals surface area contributed by atoms with Crippen molar-refractivity contribution < 1.29 is 11.0 Å². The summed E-state index contributed by atoms with van der Waals surface area (Å²) >= 11 is 0. The molecule has 0 aromatic rings. The number of nitrogens with one attached hydrogen (secondary N) is 1. The zero-order valence-electron chi connectivity index (χ0n) is 13.4. The largest absolute Gasteiger partial charge is 0.375 e. The molecule has 2 fully saturated rings. The molecule has 1 saturated heterocycles. The minimum Gasteiger partial charge on any atom is -0.375 e. The Bertz CT molecular complexity index is 378. The Hall–Kier alpha value is -1.52. The van der Waals surface area contributed by atoms with Gasteiger partial charge in [0.25, 0.3) is 0 Å². The summed E-state index contributed by atoms with van der Waals surface area (Å²) < 4.78 is 0. The van der Waals surface area contributed by atoms with E-state index in [4.69, 9.17) is 5.73 Å². The average Bonchev–Trinajstić information content (AvgIpc) is 3.09. The molecule has 0 radical (unpaired) electrons. The molecule has 1 heterocycles. The van der Waals surface area contributed by atoms with E-state index in [9.17, 15) is 9.59 Å². The van der Waals surface area contributed by atoms with Crippen molar-refractivity contribution >= 4 is 11.8 Å². The molecule has 2 aliphatic rings. The maximum absolute atomic E-state index is 11.7. The summed E-state index contributed by atoms with van der Waals surface area (Å²) in [5, 5.41) is 2.74. The molecule has 5 nitrogen and oxygen atoms in total. The van der Waals surface area contributed by atoms with Crippen LogP contribution in [0.1, 0.15) is 53.8 Å². The van der Waals surface area contributed by atoms with Gasteiger partial charge in [-0.25, -0.2) is 0 Å².